The Morgan fingerprint density at radius 3 is 2.61 bits per heavy atom. The molecule has 0 radical (unpaired) electrons. The Hall–Kier alpha value is -4.38. The van der Waals surface area contributed by atoms with E-state index in [2.05, 4.69) is 17.2 Å². The van der Waals surface area contributed by atoms with Crippen LogP contribution in [0.1, 0.15) is 18.2 Å². The summed E-state index contributed by atoms with van der Waals surface area (Å²) < 4.78 is 11.7. The van der Waals surface area contributed by atoms with Crippen LogP contribution >= 0.6 is 0 Å². The van der Waals surface area contributed by atoms with Gasteiger partial charge in [0.05, 0.1) is 0 Å². The molecule has 1 amide bonds. The predicted octanol–water partition coefficient (Wildman–Crippen LogP) is 6.97. The fourth-order valence-electron chi connectivity index (χ4n) is 3.59. The van der Waals surface area contributed by atoms with E-state index in [1.165, 1.54) is 11.6 Å². The van der Waals surface area contributed by atoms with Crippen LogP contribution in [0.25, 0.3) is 40.0 Å². The normalized spacial score (nSPS) is 11.3. The number of anilines is 1. The van der Waals surface area contributed by atoms with Crippen molar-refractivity contribution in [3.63, 3.8) is 0 Å². The molecule has 0 saturated carbocycles. The zero-order valence-electron chi connectivity index (χ0n) is 18.1. The van der Waals surface area contributed by atoms with E-state index in [9.17, 15) is 4.79 Å². The van der Waals surface area contributed by atoms with Crippen LogP contribution in [0.2, 0.25) is 0 Å². The van der Waals surface area contributed by atoms with Crippen LogP contribution in [0.5, 0.6) is 0 Å². The number of aromatic nitrogens is 1. The summed E-state index contributed by atoms with van der Waals surface area (Å²) in [4.78, 5) is 17.1. The van der Waals surface area contributed by atoms with Crippen LogP contribution < -0.4 is 5.32 Å². The smallest absolute Gasteiger partial charge is 0.248 e. The van der Waals surface area contributed by atoms with E-state index in [0.29, 0.717) is 17.3 Å². The van der Waals surface area contributed by atoms with Crippen molar-refractivity contribution >= 4 is 28.8 Å². The average Bonchev–Trinajstić information content (AvgIpc) is 3.50. The lowest BCUT2D eigenvalue weighted by Crippen LogP contribution is -2.07. The molecule has 2 heterocycles. The van der Waals surface area contributed by atoms with Gasteiger partial charge < -0.3 is 14.2 Å². The Kier molecular flexibility index (Phi) is 5.60. The Morgan fingerprint density at radius 2 is 1.76 bits per heavy atom. The number of nitrogens with zero attached hydrogens (tertiary/aromatic N) is 1. The Labute approximate surface area is 191 Å². The summed E-state index contributed by atoms with van der Waals surface area (Å²) in [6.45, 7) is 2.11. The molecule has 2 aromatic heterocycles. The van der Waals surface area contributed by atoms with Crippen molar-refractivity contribution in [2.75, 3.05) is 5.32 Å². The van der Waals surface area contributed by atoms with Gasteiger partial charge in [-0.1, -0.05) is 49.4 Å². The summed E-state index contributed by atoms with van der Waals surface area (Å²) in [5.74, 6) is 1.63. The number of aryl methyl sites for hydroxylation is 1. The van der Waals surface area contributed by atoms with Gasteiger partial charge in [0.15, 0.2) is 5.58 Å². The number of nitrogens with one attached hydrogen (secondary N) is 1. The van der Waals surface area contributed by atoms with Crippen LogP contribution in [0, 0.1) is 0 Å². The fraction of sp³-hybridized carbons (Fsp3) is 0.0714. The van der Waals surface area contributed by atoms with Gasteiger partial charge in [-0.05, 0) is 60.5 Å². The summed E-state index contributed by atoms with van der Waals surface area (Å²) in [6.07, 6.45) is 4.04. The first-order valence-electron chi connectivity index (χ1n) is 10.8. The number of hydrogen-bond donors (Lipinski definition) is 1. The highest BCUT2D eigenvalue weighted by Gasteiger charge is 2.10. The third-order valence-electron chi connectivity index (χ3n) is 5.32. The van der Waals surface area contributed by atoms with Crippen molar-refractivity contribution in [1.82, 2.24) is 4.98 Å². The molecular weight excluding hydrogens is 412 g/mol. The van der Waals surface area contributed by atoms with Crippen molar-refractivity contribution in [2.45, 2.75) is 13.3 Å². The number of hydrogen-bond acceptors (Lipinski definition) is 4. The van der Waals surface area contributed by atoms with Gasteiger partial charge in [0.2, 0.25) is 11.8 Å². The van der Waals surface area contributed by atoms with Gasteiger partial charge in [-0.2, -0.15) is 0 Å². The highest BCUT2D eigenvalue weighted by molar-refractivity contribution is 6.02. The topological polar surface area (TPSA) is 68.3 Å². The maximum atomic E-state index is 12.4. The summed E-state index contributed by atoms with van der Waals surface area (Å²) in [5.41, 5.74) is 5.22. The summed E-state index contributed by atoms with van der Waals surface area (Å²) >= 11 is 0. The molecule has 5 aromatic rings. The standard InChI is InChI=1S/C28H22N2O3/c1-2-19-11-14-26-24(17-19)30-28(33-26)21-9-6-10-22(18-21)29-27(31)16-13-23-12-15-25(32-23)20-7-4-3-5-8-20/h3-18H,2H2,1H3,(H,29,31)/b16-13+. The molecule has 5 rings (SSSR count). The monoisotopic (exact) mass is 434 g/mol. The van der Waals surface area contributed by atoms with Gasteiger partial charge in [-0.25, -0.2) is 4.98 Å². The molecule has 0 aliphatic heterocycles. The SMILES string of the molecule is CCc1ccc2oc(-c3cccc(NC(=O)/C=C/c4ccc(-c5ccccc5)o4)c3)nc2c1. The first-order valence-corrected chi connectivity index (χ1v) is 10.8. The molecule has 0 fully saturated rings. The predicted molar refractivity (Wildman–Crippen MR) is 131 cm³/mol. The van der Waals surface area contributed by atoms with Gasteiger partial charge in [-0.3, -0.25) is 4.79 Å². The van der Waals surface area contributed by atoms with Crippen molar-refractivity contribution in [1.29, 1.82) is 0 Å². The van der Waals surface area contributed by atoms with E-state index < -0.39 is 0 Å². The Morgan fingerprint density at radius 1 is 0.909 bits per heavy atom. The first-order chi connectivity index (χ1) is 16.2. The number of benzene rings is 3. The van der Waals surface area contributed by atoms with E-state index in [0.717, 1.165) is 34.4 Å². The van der Waals surface area contributed by atoms with Crippen molar-refractivity contribution in [2.24, 2.45) is 0 Å². The number of oxazole rings is 1. The molecular formula is C28H22N2O3. The van der Waals surface area contributed by atoms with Gasteiger partial charge >= 0.3 is 0 Å². The molecule has 0 atom stereocenters. The van der Waals surface area contributed by atoms with Gasteiger partial charge in [0.25, 0.3) is 0 Å². The second kappa shape index (κ2) is 9.01. The highest BCUT2D eigenvalue weighted by Crippen LogP contribution is 2.27. The molecule has 1 N–H and O–H groups in total. The molecule has 33 heavy (non-hydrogen) atoms. The summed E-state index contributed by atoms with van der Waals surface area (Å²) in [7, 11) is 0. The van der Waals surface area contributed by atoms with Crippen molar-refractivity contribution in [3.05, 3.63) is 102 Å². The number of carbonyl (C=O) groups is 1. The van der Waals surface area contributed by atoms with Crippen molar-refractivity contribution < 1.29 is 13.6 Å². The van der Waals surface area contributed by atoms with Crippen LogP contribution in [0.4, 0.5) is 5.69 Å². The number of carbonyl (C=O) groups excluding carboxylic acids is 1. The lowest BCUT2D eigenvalue weighted by molar-refractivity contribution is -0.111. The van der Waals surface area contributed by atoms with E-state index in [1.807, 2.05) is 84.9 Å². The number of amides is 1. The molecule has 0 saturated heterocycles. The fourth-order valence-corrected chi connectivity index (χ4v) is 3.59. The minimum absolute atomic E-state index is 0.255. The van der Waals surface area contributed by atoms with Crippen molar-refractivity contribution in [3.8, 4) is 22.8 Å². The zero-order chi connectivity index (χ0) is 22.6. The lowest BCUT2D eigenvalue weighted by atomic mass is 10.1. The van der Waals surface area contributed by atoms with E-state index >= 15 is 0 Å². The molecule has 162 valence electrons. The lowest BCUT2D eigenvalue weighted by Gasteiger charge is -2.03. The Bertz CT molecular complexity index is 1440. The van der Waals surface area contributed by atoms with Gasteiger partial charge in [0, 0.05) is 22.9 Å². The van der Waals surface area contributed by atoms with E-state index in [4.69, 9.17) is 8.83 Å². The second-order valence-electron chi connectivity index (χ2n) is 7.65. The molecule has 0 bridgehead atoms. The summed E-state index contributed by atoms with van der Waals surface area (Å²) in [6, 6.07) is 27.0. The highest BCUT2D eigenvalue weighted by atomic mass is 16.3. The minimum Gasteiger partial charge on any atom is -0.457 e. The van der Waals surface area contributed by atoms with Crippen LogP contribution in [-0.2, 0) is 11.2 Å². The van der Waals surface area contributed by atoms with E-state index in [-0.39, 0.29) is 5.91 Å². The van der Waals surface area contributed by atoms with Crippen LogP contribution in [0.15, 0.2) is 99.8 Å². The third-order valence-corrected chi connectivity index (χ3v) is 5.32. The van der Waals surface area contributed by atoms with Crippen LogP contribution in [0.3, 0.4) is 0 Å². The number of furan rings is 1. The zero-order valence-corrected chi connectivity index (χ0v) is 18.1. The molecule has 3 aromatic carbocycles. The molecule has 5 nitrogen and oxygen atoms in total. The number of rotatable bonds is 6. The first kappa shape index (κ1) is 20.5. The quantitative estimate of drug-likeness (QED) is 0.293. The number of fused-ring (bicyclic) bond motifs is 1. The average molecular weight is 434 g/mol. The van der Waals surface area contributed by atoms with E-state index in [1.54, 1.807) is 6.08 Å². The maximum Gasteiger partial charge on any atom is 0.248 e. The molecule has 0 aliphatic rings. The Balaban J connectivity index is 1.29. The third kappa shape index (κ3) is 4.62. The minimum atomic E-state index is -0.255. The molecule has 0 aliphatic carbocycles. The molecule has 5 heteroatoms. The molecule has 0 spiro atoms. The second-order valence-corrected chi connectivity index (χ2v) is 7.65. The van der Waals surface area contributed by atoms with Gasteiger partial charge in [-0.15, -0.1) is 0 Å². The van der Waals surface area contributed by atoms with Gasteiger partial charge in [0.1, 0.15) is 17.0 Å². The largest absolute Gasteiger partial charge is 0.457 e. The maximum absolute atomic E-state index is 12.4. The van der Waals surface area contributed by atoms with Crippen LogP contribution in [-0.4, -0.2) is 10.9 Å². The molecule has 0 unspecified atom stereocenters. The summed E-state index contributed by atoms with van der Waals surface area (Å²) in [5, 5.41) is 2.88.